The van der Waals surface area contributed by atoms with Crippen molar-refractivity contribution in [2.24, 2.45) is 0 Å². The van der Waals surface area contributed by atoms with Crippen molar-refractivity contribution >= 4 is 52.5 Å². The Hall–Kier alpha value is -2.70. The van der Waals surface area contributed by atoms with Crippen molar-refractivity contribution in [2.45, 2.75) is 0 Å². The second kappa shape index (κ2) is 7.04. The molecule has 0 saturated carbocycles. The summed E-state index contributed by atoms with van der Waals surface area (Å²) in [5.41, 5.74) is 1.22. The molecule has 1 heterocycles. The zero-order valence-corrected chi connectivity index (χ0v) is 14.7. The van der Waals surface area contributed by atoms with E-state index in [4.69, 9.17) is 28.6 Å². The number of rotatable bonds is 3. The number of thiocarbonyl (C=S) groups is 1. The lowest BCUT2D eigenvalue weighted by Gasteiger charge is -2.29. The van der Waals surface area contributed by atoms with Crippen molar-refractivity contribution < 1.29 is 14.3 Å². The van der Waals surface area contributed by atoms with Gasteiger partial charge in [-0.3, -0.25) is 19.8 Å². The van der Waals surface area contributed by atoms with Gasteiger partial charge in [-0.25, -0.2) is 0 Å². The zero-order chi connectivity index (χ0) is 18.0. The van der Waals surface area contributed by atoms with Crippen LogP contribution < -0.4 is 15.0 Å². The summed E-state index contributed by atoms with van der Waals surface area (Å²) < 4.78 is 5.11. The SMILES string of the molecule is COc1ccc(N2C(=O)/C(=C\c3ccc(Cl)cc3)C(=O)NC2=S)cc1. The first-order chi connectivity index (χ1) is 12.0. The molecule has 0 aromatic heterocycles. The van der Waals surface area contributed by atoms with E-state index in [2.05, 4.69) is 5.32 Å². The number of hydrogen-bond donors (Lipinski definition) is 1. The van der Waals surface area contributed by atoms with Gasteiger partial charge in [-0.15, -0.1) is 0 Å². The highest BCUT2D eigenvalue weighted by Gasteiger charge is 2.34. The Morgan fingerprint density at radius 3 is 2.32 bits per heavy atom. The van der Waals surface area contributed by atoms with Crippen molar-refractivity contribution in [3.63, 3.8) is 0 Å². The van der Waals surface area contributed by atoms with Crippen LogP contribution in [0.4, 0.5) is 5.69 Å². The fourth-order valence-corrected chi connectivity index (χ4v) is 2.76. The van der Waals surface area contributed by atoms with Gasteiger partial charge >= 0.3 is 0 Å². The minimum Gasteiger partial charge on any atom is -0.497 e. The summed E-state index contributed by atoms with van der Waals surface area (Å²) in [5, 5.41) is 3.15. The minimum atomic E-state index is -0.533. The van der Waals surface area contributed by atoms with Crippen LogP contribution in [0.3, 0.4) is 0 Å². The van der Waals surface area contributed by atoms with Crippen LogP contribution in [0.1, 0.15) is 5.56 Å². The van der Waals surface area contributed by atoms with E-state index in [1.807, 2.05) is 0 Å². The van der Waals surface area contributed by atoms with E-state index in [1.54, 1.807) is 55.6 Å². The van der Waals surface area contributed by atoms with E-state index in [0.717, 1.165) is 0 Å². The van der Waals surface area contributed by atoms with Crippen LogP contribution in [0.15, 0.2) is 54.1 Å². The molecule has 0 radical (unpaired) electrons. The maximum Gasteiger partial charge on any atom is 0.270 e. The van der Waals surface area contributed by atoms with Crippen molar-refractivity contribution in [3.05, 3.63) is 64.7 Å². The van der Waals surface area contributed by atoms with E-state index in [1.165, 1.54) is 11.0 Å². The van der Waals surface area contributed by atoms with Gasteiger partial charge in [-0.05, 0) is 60.3 Å². The highest BCUT2D eigenvalue weighted by molar-refractivity contribution is 7.80. The lowest BCUT2D eigenvalue weighted by Crippen LogP contribution is -2.54. The Labute approximate surface area is 154 Å². The lowest BCUT2D eigenvalue weighted by atomic mass is 10.1. The lowest BCUT2D eigenvalue weighted by molar-refractivity contribution is -0.122. The second-order valence-corrected chi connectivity index (χ2v) is 6.03. The van der Waals surface area contributed by atoms with E-state index >= 15 is 0 Å². The first-order valence-electron chi connectivity index (χ1n) is 7.30. The molecule has 0 atom stereocenters. The monoisotopic (exact) mass is 372 g/mol. The summed E-state index contributed by atoms with van der Waals surface area (Å²) in [6, 6.07) is 13.6. The van der Waals surface area contributed by atoms with Crippen molar-refractivity contribution in [3.8, 4) is 5.75 Å². The van der Waals surface area contributed by atoms with Gasteiger partial charge in [0.2, 0.25) is 0 Å². The third-order valence-electron chi connectivity index (χ3n) is 3.61. The number of benzene rings is 2. The van der Waals surface area contributed by atoms with Crippen LogP contribution in [0.25, 0.3) is 6.08 Å². The smallest absolute Gasteiger partial charge is 0.270 e. The molecule has 126 valence electrons. The molecule has 1 fully saturated rings. The molecular weight excluding hydrogens is 360 g/mol. The van der Waals surface area contributed by atoms with Crippen LogP contribution >= 0.6 is 23.8 Å². The van der Waals surface area contributed by atoms with Crippen molar-refractivity contribution in [1.29, 1.82) is 0 Å². The number of carbonyl (C=O) groups is 2. The average molecular weight is 373 g/mol. The summed E-state index contributed by atoms with van der Waals surface area (Å²) in [6.07, 6.45) is 1.51. The molecule has 0 spiro atoms. The van der Waals surface area contributed by atoms with Gasteiger partial charge in [0.25, 0.3) is 11.8 Å². The number of anilines is 1. The zero-order valence-electron chi connectivity index (χ0n) is 13.2. The third kappa shape index (κ3) is 3.55. The molecule has 0 bridgehead atoms. The Morgan fingerprint density at radius 1 is 1.08 bits per heavy atom. The fraction of sp³-hybridized carbons (Fsp3) is 0.0556. The Balaban J connectivity index is 1.97. The van der Waals surface area contributed by atoms with Gasteiger partial charge in [0.1, 0.15) is 11.3 Å². The number of methoxy groups -OCH3 is 1. The number of nitrogens with one attached hydrogen (secondary N) is 1. The van der Waals surface area contributed by atoms with Gasteiger partial charge in [0.15, 0.2) is 5.11 Å². The van der Waals surface area contributed by atoms with Crippen LogP contribution in [-0.2, 0) is 9.59 Å². The van der Waals surface area contributed by atoms with Gasteiger partial charge in [-0.1, -0.05) is 23.7 Å². The van der Waals surface area contributed by atoms with Crippen molar-refractivity contribution in [2.75, 3.05) is 12.0 Å². The first kappa shape index (κ1) is 17.1. The van der Waals surface area contributed by atoms with Crippen LogP contribution in [-0.4, -0.2) is 24.0 Å². The number of nitrogens with zero attached hydrogens (tertiary/aromatic N) is 1. The summed E-state index contributed by atoms with van der Waals surface area (Å²) >= 11 is 11.0. The highest BCUT2D eigenvalue weighted by atomic mass is 35.5. The molecule has 1 aliphatic heterocycles. The average Bonchev–Trinajstić information content (AvgIpc) is 2.60. The summed E-state index contributed by atoms with van der Waals surface area (Å²) in [6.45, 7) is 0. The fourth-order valence-electron chi connectivity index (χ4n) is 2.35. The Morgan fingerprint density at radius 2 is 1.72 bits per heavy atom. The maximum absolute atomic E-state index is 12.8. The normalized spacial score (nSPS) is 16.2. The quantitative estimate of drug-likeness (QED) is 0.510. The van der Waals surface area contributed by atoms with E-state index in [9.17, 15) is 9.59 Å². The van der Waals surface area contributed by atoms with Crippen molar-refractivity contribution in [1.82, 2.24) is 5.32 Å². The van der Waals surface area contributed by atoms with Gasteiger partial charge in [0, 0.05) is 5.02 Å². The molecular formula is C18H13ClN2O3S. The Bertz CT molecular complexity index is 876. The molecule has 1 N–H and O–H groups in total. The predicted octanol–water partition coefficient (Wildman–Crippen LogP) is 3.18. The van der Waals surface area contributed by atoms with Gasteiger partial charge in [-0.2, -0.15) is 0 Å². The minimum absolute atomic E-state index is 0.00765. The largest absolute Gasteiger partial charge is 0.497 e. The molecule has 0 aliphatic carbocycles. The third-order valence-corrected chi connectivity index (χ3v) is 4.15. The van der Waals surface area contributed by atoms with Crippen LogP contribution in [0, 0.1) is 0 Å². The maximum atomic E-state index is 12.8. The van der Waals surface area contributed by atoms with Crippen LogP contribution in [0.5, 0.6) is 5.75 Å². The van der Waals surface area contributed by atoms with E-state index in [-0.39, 0.29) is 10.7 Å². The number of halogens is 1. The number of hydrogen-bond acceptors (Lipinski definition) is 4. The van der Waals surface area contributed by atoms with E-state index in [0.29, 0.717) is 22.0 Å². The molecule has 1 saturated heterocycles. The number of ether oxygens (including phenoxy) is 1. The predicted molar refractivity (Wildman–Crippen MR) is 101 cm³/mol. The Kier molecular flexibility index (Phi) is 4.83. The van der Waals surface area contributed by atoms with Crippen LogP contribution in [0.2, 0.25) is 5.02 Å². The molecule has 5 nitrogen and oxygen atoms in total. The molecule has 2 amide bonds. The molecule has 7 heteroatoms. The topological polar surface area (TPSA) is 58.6 Å². The first-order valence-corrected chi connectivity index (χ1v) is 8.09. The summed E-state index contributed by atoms with van der Waals surface area (Å²) in [7, 11) is 1.55. The molecule has 1 aliphatic rings. The molecule has 3 rings (SSSR count). The molecule has 0 unspecified atom stereocenters. The van der Waals surface area contributed by atoms with Gasteiger partial charge < -0.3 is 4.74 Å². The van der Waals surface area contributed by atoms with E-state index < -0.39 is 11.8 Å². The summed E-state index contributed by atoms with van der Waals surface area (Å²) in [5.74, 6) is -0.372. The van der Waals surface area contributed by atoms with Gasteiger partial charge in [0.05, 0.1) is 12.8 Å². The standard InChI is InChI=1S/C18H13ClN2O3S/c1-24-14-8-6-13(7-9-14)21-17(23)15(16(22)20-18(21)25)10-11-2-4-12(19)5-3-11/h2-10H,1H3,(H,20,22,25)/b15-10-. The number of carbonyl (C=O) groups excluding carboxylic acids is 2. The summed E-state index contributed by atoms with van der Waals surface area (Å²) in [4.78, 5) is 26.3. The second-order valence-electron chi connectivity index (χ2n) is 5.21. The molecule has 2 aromatic rings. The highest BCUT2D eigenvalue weighted by Crippen LogP contribution is 2.24. The molecule has 2 aromatic carbocycles. The molecule has 25 heavy (non-hydrogen) atoms. The number of amides is 2.